The topological polar surface area (TPSA) is 121 Å². The molecular formula is C27H27N5O2. The fourth-order valence-electron chi connectivity index (χ4n) is 4.57. The number of aromatic amines is 1. The highest BCUT2D eigenvalue weighted by Crippen LogP contribution is 2.35. The van der Waals surface area contributed by atoms with Gasteiger partial charge < -0.3 is 26.5 Å². The number of nitrogen functional groups attached to an aromatic ring is 1. The number of rotatable bonds is 5. The van der Waals surface area contributed by atoms with E-state index >= 15 is 0 Å². The summed E-state index contributed by atoms with van der Waals surface area (Å²) < 4.78 is 0. The van der Waals surface area contributed by atoms with Gasteiger partial charge in [-0.1, -0.05) is 66.7 Å². The van der Waals surface area contributed by atoms with Crippen LogP contribution in [0.2, 0.25) is 0 Å². The van der Waals surface area contributed by atoms with Crippen LogP contribution in [0.1, 0.15) is 28.6 Å². The van der Waals surface area contributed by atoms with Crippen molar-refractivity contribution in [1.82, 2.24) is 14.9 Å². The maximum Gasteiger partial charge on any atom is 0.240 e. The zero-order valence-electron chi connectivity index (χ0n) is 18.7. The van der Waals surface area contributed by atoms with Gasteiger partial charge >= 0.3 is 0 Å². The summed E-state index contributed by atoms with van der Waals surface area (Å²) in [6.07, 6.45) is 0.995. The van der Waals surface area contributed by atoms with E-state index in [4.69, 9.17) is 11.5 Å². The van der Waals surface area contributed by atoms with E-state index in [0.29, 0.717) is 31.0 Å². The number of nitrogens with one attached hydrogen (secondary N) is 1. The molecule has 0 spiro atoms. The van der Waals surface area contributed by atoms with Crippen LogP contribution in [0.5, 0.6) is 5.75 Å². The van der Waals surface area contributed by atoms with Crippen LogP contribution in [0.15, 0.2) is 78.9 Å². The molecule has 2 atom stereocenters. The number of fused-ring (bicyclic) bond motifs is 1. The molecule has 0 saturated heterocycles. The molecule has 4 aromatic rings. The number of phenolic OH excluding ortho intramolecular Hbond substituents is 1. The van der Waals surface area contributed by atoms with Crippen LogP contribution in [0.25, 0.3) is 11.3 Å². The predicted octanol–water partition coefficient (Wildman–Crippen LogP) is 3.56. The van der Waals surface area contributed by atoms with Gasteiger partial charge in [0.05, 0.1) is 17.8 Å². The Labute approximate surface area is 198 Å². The molecule has 1 aromatic heterocycles. The van der Waals surface area contributed by atoms with Crippen LogP contribution >= 0.6 is 0 Å². The lowest BCUT2D eigenvalue weighted by molar-refractivity contribution is -0.136. The van der Waals surface area contributed by atoms with Crippen molar-refractivity contribution in [1.29, 1.82) is 0 Å². The molecule has 1 aliphatic heterocycles. The first-order valence-electron chi connectivity index (χ1n) is 11.3. The van der Waals surface area contributed by atoms with Gasteiger partial charge in [0, 0.05) is 18.5 Å². The first-order valence-corrected chi connectivity index (χ1v) is 11.3. The highest BCUT2D eigenvalue weighted by atomic mass is 16.3. The third-order valence-electron chi connectivity index (χ3n) is 6.37. The highest BCUT2D eigenvalue weighted by molar-refractivity contribution is 5.83. The van der Waals surface area contributed by atoms with E-state index in [-0.39, 0.29) is 17.7 Å². The van der Waals surface area contributed by atoms with Gasteiger partial charge in [0.25, 0.3) is 0 Å². The summed E-state index contributed by atoms with van der Waals surface area (Å²) in [6, 6.07) is 23.6. The number of nitrogens with zero attached hydrogens (tertiary/aromatic N) is 2. The first kappa shape index (κ1) is 21.7. The molecule has 0 fully saturated rings. The van der Waals surface area contributed by atoms with Crippen molar-refractivity contribution in [3.8, 4) is 17.0 Å². The van der Waals surface area contributed by atoms with Crippen molar-refractivity contribution in [2.75, 3.05) is 5.73 Å². The second kappa shape index (κ2) is 9.03. The van der Waals surface area contributed by atoms with Crippen LogP contribution < -0.4 is 11.5 Å². The number of carbonyl (C=O) groups excluding carboxylic acids is 1. The Hall–Kier alpha value is -4.10. The summed E-state index contributed by atoms with van der Waals surface area (Å²) in [4.78, 5) is 23.4. The fourth-order valence-corrected chi connectivity index (χ4v) is 4.57. The Morgan fingerprint density at radius 3 is 2.44 bits per heavy atom. The van der Waals surface area contributed by atoms with E-state index in [1.807, 2.05) is 48.5 Å². The Bertz CT molecular complexity index is 1300. The Kier molecular flexibility index (Phi) is 5.77. The summed E-state index contributed by atoms with van der Waals surface area (Å²) in [7, 11) is 0. The third kappa shape index (κ3) is 4.25. The molecule has 0 radical (unpaired) electrons. The molecule has 2 unspecified atom stereocenters. The Morgan fingerprint density at radius 1 is 1.03 bits per heavy atom. The normalized spacial score (nSPS) is 16.1. The second-order valence-electron chi connectivity index (χ2n) is 8.68. The molecule has 172 valence electrons. The van der Waals surface area contributed by atoms with Crippen LogP contribution in [-0.2, 0) is 24.2 Å². The number of phenols is 1. The Morgan fingerprint density at radius 2 is 1.71 bits per heavy atom. The highest BCUT2D eigenvalue weighted by Gasteiger charge is 2.35. The molecule has 0 saturated carbocycles. The van der Waals surface area contributed by atoms with Gasteiger partial charge in [-0.05, 0) is 35.2 Å². The minimum Gasteiger partial charge on any atom is -0.508 e. The minimum atomic E-state index is -0.724. The van der Waals surface area contributed by atoms with Crippen molar-refractivity contribution in [3.05, 3.63) is 101 Å². The van der Waals surface area contributed by atoms with E-state index < -0.39 is 6.04 Å². The van der Waals surface area contributed by atoms with E-state index in [2.05, 4.69) is 16.0 Å². The molecule has 1 amide bonds. The number of nitrogens with two attached hydrogens (primary N) is 2. The number of H-pyrrole nitrogens is 1. The third-order valence-corrected chi connectivity index (χ3v) is 6.37. The summed E-state index contributed by atoms with van der Waals surface area (Å²) in [5, 5.41) is 9.54. The number of benzene rings is 3. The maximum atomic E-state index is 13.6. The lowest BCUT2D eigenvalue weighted by Gasteiger charge is -2.37. The number of carbonyl (C=O) groups is 1. The molecule has 5 rings (SSSR count). The van der Waals surface area contributed by atoms with Crippen LogP contribution in [0, 0.1) is 0 Å². The average molecular weight is 454 g/mol. The largest absolute Gasteiger partial charge is 0.508 e. The number of amides is 1. The molecule has 1 aliphatic rings. The smallest absolute Gasteiger partial charge is 0.240 e. The van der Waals surface area contributed by atoms with E-state index in [1.54, 1.807) is 29.2 Å². The van der Waals surface area contributed by atoms with Gasteiger partial charge in [-0.2, -0.15) is 0 Å². The molecule has 2 heterocycles. The van der Waals surface area contributed by atoms with E-state index in [0.717, 1.165) is 22.4 Å². The first-order chi connectivity index (χ1) is 16.5. The van der Waals surface area contributed by atoms with Crippen molar-refractivity contribution in [2.24, 2.45) is 5.73 Å². The zero-order valence-corrected chi connectivity index (χ0v) is 18.7. The second-order valence-corrected chi connectivity index (χ2v) is 8.68. The molecular weight excluding hydrogens is 426 g/mol. The number of aromatic nitrogens is 2. The number of imidazole rings is 1. The maximum absolute atomic E-state index is 13.6. The lowest BCUT2D eigenvalue weighted by Crippen LogP contribution is -2.48. The van der Waals surface area contributed by atoms with Crippen molar-refractivity contribution >= 4 is 11.7 Å². The molecule has 3 aromatic carbocycles. The fraction of sp³-hybridized carbons (Fsp3) is 0.185. The van der Waals surface area contributed by atoms with E-state index in [1.165, 1.54) is 5.56 Å². The van der Waals surface area contributed by atoms with Gasteiger partial charge in [0.1, 0.15) is 17.4 Å². The van der Waals surface area contributed by atoms with E-state index in [9.17, 15) is 9.90 Å². The average Bonchev–Trinajstić information content (AvgIpc) is 3.26. The minimum absolute atomic E-state index is 0.149. The SMILES string of the molecule is Nc1nc(C2Cc3ccccc3CN2C(=O)C(N)Cc2ccc(O)cc2)[nH]c1-c1ccccc1. The quantitative estimate of drug-likeness (QED) is 0.368. The number of aromatic hydroxyl groups is 1. The summed E-state index contributed by atoms with van der Waals surface area (Å²) >= 11 is 0. The van der Waals surface area contributed by atoms with Gasteiger partial charge in [0.15, 0.2) is 0 Å². The monoisotopic (exact) mass is 453 g/mol. The van der Waals surface area contributed by atoms with Gasteiger partial charge in [-0.3, -0.25) is 4.79 Å². The van der Waals surface area contributed by atoms with Gasteiger partial charge in [0.2, 0.25) is 5.91 Å². The number of hydrogen-bond donors (Lipinski definition) is 4. The van der Waals surface area contributed by atoms with Crippen LogP contribution in [0.3, 0.4) is 0 Å². The van der Waals surface area contributed by atoms with Crippen molar-refractivity contribution < 1.29 is 9.90 Å². The number of anilines is 1. The van der Waals surface area contributed by atoms with Gasteiger partial charge in [-0.25, -0.2) is 4.98 Å². The molecule has 0 aliphatic carbocycles. The van der Waals surface area contributed by atoms with Crippen molar-refractivity contribution in [2.45, 2.75) is 31.5 Å². The van der Waals surface area contributed by atoms with Crippen LogP contribution in [0.4, 0.5) is 5.82 Å². The molecule has 6 N–H and O–H groups in total. The summed E-state index contributed by atoms with van der Waals surface area (Å²) in [6.45, 7) is 0.449. The van der Waals surface area contributed by atoms with Gasteiger partial charge in [-0.15, -0.1) is 0 Å². The van der Waals surface area contributed by atoms with Crippen molar-refractivity contribution in [3.63, 3.8) is 0 Å². The lowest BCUT2D eigenvalue weighted by atomic mass is 9.92. The molecule has 34 heavy (non-hydrogen) atoms. The zero-order chi connectivity index (χ0) is 23.7. The standard InChI is InChI=1S/C27H27N5O2/c28-22(14-17-10-12-21(33)13-11-17)27(34)32-16-20-9-5-4-8-19(20)15-23(32)26-30-24(25(29)31-26)18-6-2-1-3-7-18/h1-13,22-23,33H,14-16,28-29H2,(H,30,31). The number of hydrogen-bond acceptors (Lipinski definition) is 5. The molecule has 0 bridgehead atoms. The Balaban J connectivity index is 1.47. The molecule has 7 nitrogen and oxygen atoms in total. The molecule has 7 heteroatoms. The summed E-state index contributed by atoms with van der Waals surface area (Å²) in [5.41, 5.74) is 17.5. The summed E-state index contributed by atoms with van der Waals surface area (Å²) in [5.74, 6) is 1.08. The predicted molar refractivity (Wildman–Crippen MR) is 132 cm³/mol. The van der Waals surface area contributed by atoms with Crippen LogP contribution in [-0.4, -0.2) is 31.9 Å².